The Balaban J connectivity index is 1.32. The molecule has 2 aromatic rings. The average molecular weight is 364 g/mol. The molecule has 3 aliphatic heterocycles. The molecule has 0 aliphatic carbocycles. The molecule has 142 valence electrons. The number of urea groups is 1. The lowest BCUT2D eigenvalue weighted by Gasteiger charge is -2.35. The Bertz CT molecular complexity index is 736. The number of nitrogens with one attached hydrogen (secondary N) is 1. The highest BCUT2D eigenvalue weighted by atomic mass is 16.2. The van der Waals surface area contributed by atoms with Gasteiger partial charge in [0, 0.05) is 45.0 Å². The van der Waals surface area contributed by atoms with Crippen LogP contribution in [0.1, 0.15) is 24.1 Å². The molecule has 5 nitrogen and oxygen atoms in total. The van der Waals surface area contributed by atoms with Crippen LogP contribution in [0.15, 0.2) is 54.7 Å². The highest BCUT2D eigenvalue weighted by Gasteiger charge is 2.36. The average Bonchev–Trinajstić information content (AvgIpc) is 3.02. The van der Waals surface area contributed by atoms with Gasteiger partial charge in [-0.15, -0.1) is 0 Å². The molecule has 1 N–H and O–H groups in total. The second kappa shape index (κ2) is 8.53. The zero-order valence-corrected chi connectivity index (χ0v) is 15.8. The van der Waals surface area contributed by atoms with Gasteiger partial charge in [0.2, 0.25) is 0 Å². The van der Waals surface area contributed by atoms with Crippen molar-refractivity contribution in [2.45, 2.75) is 31.8 Å². The Morgan fingerprint density at radius 1 is 1.04 bits per heavy atom. The summed E-state index contributed by atoms with van der Waals surface area (Å²) in [7, 11) is 0. The first-order valence-electron chi connectivity index (χ1n) is 9.98. The third-order valence-electron chi connectivity index (χ3n) is 5.74. The SMILES string of the molecule is O=C(NCCc1ccccc1)N1C[C@@H]2CC[C@H](C1)N(Cc1ccccn1)C2. The first kappa shape index (κ1) is 18.0. The van der Waals surface area contributed by atoms with E-state index in [1.807, 2.05) is 41.4 Å². The van der Waals surface area contributed by atoms with Crippen LogP contribution >= 0.6 is 0 Å². The molecular weight excluding hydrogens is 336 g/mol. The minimum Gasteiger partial charge on any atom is -0.338 e. The molecule has 3 fully saturated rings. The van der Waals surface area contributed by atoms with Crippen LogP contribution in [0.4, 0.5) is 4.79 Å². The molecule has 3 saturated heterocycles. The van der Waals surface area contributed by atoms with E-state index in [1.54, 1.807) is 0 Å². The molecule has 4 heterocycles. The quantitative estimate of drug-likeness (QED) is 0.887. The largest absolute Gasteiger partial charge is 0.338 e. The van der Waals surface area contributed by atoms with Crippen molar-refractivity contribution in [3.8, 4) is 0 Å². The first-order chi connectivity index (χ1) is 13.3. The van der Waals surface area contributed by atoms with Crippen molar-refractivity contribution in [3.05, 3.63) is 66.0 Å². The van der Waals surface area contributed by atoms with Crippen molar-refractivity contribution in [2.24, 2.45) is 5.92 Å². The molecule has 5 rings (SSSR count). The van der Waals surface area contributed by atoms with Crippen LogP contribution in [0.25, 0.3) is 0 Å². The summed E-state index contributed by atoms with van der Waals surface area (Å²) >= 11 is 0. The Morgan fingerprint density at radius 3 is 2.70 bits per heavy atom. The molecule has 1 aromatic heterocycles. The van der Waals surface area contributed by atoms with Gasteiger partial charge in [-0.1, -0.05) is 36.4 Å². The van der Waals surface area contributed by atoms with Crippen molar-refractivity contribution in [3.63, 3.8) is 0 Å². The second-order valence-electron chi connectivity index (χ2n) is 7.72. The Labute approximate surface area is 161 Å². The van der Waals surface area contributed by atoms with Gasteiger partial charge in [0.1, 0.15) is 0 Å². The number of pyridine rings is 1. The van der Waals surface area contributed by atoms with Crippen molar-refractivity contribution < 1.29 is 4.79 Å². The molecular formula is C22H28N4O. The number of carbonyl (C=O) groups is 1. The molecule has 2 bridgehead atoms. The summed E-state index contributed by atoms with van der Waals surface area (Å²) in [6.07, 6.45) is 5.12. The molecule has 0 radical (unpaired) electrons. The molecule has 2 atom stereocenters. The minimum absolute atomic E-state index is 0.0857. The molecule has 2 amide bonds. The third-order valence-corrected chi connectivity index (χ3v) is 5.74. The maximum Gasteiger partial charge on any atom is 0.317 e. The highest BCUT2D eigenvalue weighted by molar-refractivity contribution is 5.74. The van der Waals surface area contributed by atoms with Crippen LogP contribution in [0.5, 0.6) is 0 Å². The molecule has 0 saturated carbocycles. The summed E-state index contributed by atoms with van der Waals surface area (Å²) in [5.41, 5.74) is 2.37. The van der Waals surface area contributed by atoms with Gasteiger partial charge >= 0.3 is 6.03 Å². The van der Waals surface area contributed by atoms with E-state index in [0.29, 0.717) is 18.5 Å². The van der Waals surface area contributed by atoms with Crippen molar-refractivity contribution in [2.75, 3.05) is 26.2 Å². The van der Waals surface area contributed by atoms with Crippen LogP contribution in [0.3, 0.4) is 0 Å². The number of fused-ring (bicyclic) bond motifs is 4. The van der Waals surface area contributed by atoms with Gasteiger partial charge in [0.15, 0.2) is 0 Å². The van der Waals surface area contributed by atoms with Gasteiger partial charge in [-0.3, -0.25) is 9.88 Å². The number of carbonyl (C=O) groups excluding carboxylic acids is 1. The van der Waals surface area contributed by atoms with E-state index in [4.69, 9.17) is 0 Å². The van der Waals surface area contributed by atoms with Crippen LogP contribution in [0, 0.1) is 5.92 Å². The fourth-order valence-corrected chi connectivity index (χ4v) is 4.31. The van der Waals surface area contributed by atoms with E-state index in [-0.39, 0.29) is 6.03 Å². The first-order valence-corrected chi connectivity index (χ1v) is 9.98. The maximum atomic E-state index is 12.7. The summed E-state index contributed by atoms with van der Waals surface area (Å²) in [5, 5.41) is 3.12. The number of benzene rings is 1. The molecule has 1 aromatic carbocycles. The lowest BCUT2D eigenvalue weighted by atomic mass is 9.95. The summed E-state index contributed by atoms with van der Waals surface area (Å²) in [4.78, 5) is 21.7. The Morgan fingerprint density at radius 2 is 1.89 bits per heavy atom. The fraction of sp³-hybridized carbons (Fsp3) is 0.455. The summed E-state index contributed by atoms with van der Waals surface area (Å²) in [6, 6.07) is 16.9. The number of amides is 2. The van der Waals surface area contributed by atoms with E-state index in [9.17, 15) is 4.79 Å². The number of rotatable bonds is 5. The summed E-state index contributed by atoms with van der Waals surface area (Å²) in [5.74, 6) is 0.562. The van der Waals surface area contributed by atoms with E-state index in [2.05, 4.69) is 33.4 Å². The summed E-state index contributed by atoms with van der Waals surface area (Å²) in [6.45, 7) is 4.32. The smallest absolute Gasteiger partial charge is 0.317 e. The standard InChI is InChI=1S/C22H28N4O/c27-22(24-13-11-18-6-2-1-3-7-18)26-15-19-9-10-21(17-26)25(14-19)16-20-8-4-5-12-23-20/h1-8,12,19,21H,9-11,13-17H2,(H,24,27)/t19-,21-/m1/s1. The molecule has 0 spiro atoms. The number of hydrogen-bond acceptors (Lipinski definition) is 3. The van der Waals surface area contributed by atoms with Crippen molar-refractivity contribution in [1.82, 2.24) is 20.1 Å². The normalized spacial score (nSPS) is 22.4. The van der Waals surface area contributed by atoms with Crippen LogP contribution < -0.4 is 5.32 Å². The van der Waals surface area contributed by atoms with Gasteiger partial charge in [-0.05, 0) is 42.9 Å². The lowest BCUT2D eigenvalue weighted by molar-refractivity contribution is 0.122. The topological polar surface area (TPSA) is 48.5 Å². The lowest BCUT2D eigenvalue weighted by Crippen LogP contribution is -2.46. The molecule has 27 heavy (non-hydrogen) atoms. The van der Waals surface area contributed by atoms with Crippen LogP contribution in [0.2, 0.25) is 0 Å². The zero-order valence-electron chi connectivity index (χ0n) is 15.8. The van der Waals surface area contributed by atoms with Gasteiger partial charge in [-0.2, -0.15) is 0 Å². The van der Waals surface area contributed by atoms with Gasteiger partial charge < -0.3 is 10.2 Å². The summed E-state index contributed by atoms with van der Waals surface area (Å²) < 4.78 is 0. The molecule has 3 aliphatic rings. The highest BCUT2D eigenvalue weighted by Crippen LogP contribution is 2.29. The van der Waals surface area contributed by atoms with Crippen LogP contribution in [-0.2, 0) is 13.0 Å². The van der Waals surface area contributed by atoms with Crippen LogP contribution in [-0.4, -0.2) is 53.0 Å². The Hall–Kier alpha value is -2.40. The molecule has 5 heteroatoms. The van der Waals surface area contributed by atoms with E-state index >= 15 is 0 Å². The Kier molecular flexibility index (Phi) is 5.68. The maximum absolute atomic E-state index is 12.7. The number of hydrogen-bond donors (Lipinski definition) is 1. The van der Waals surface area contributed by atoms with E-state index in [1.165, 1.54) is 18.4 Å². The number of aromatic nitrogens is 1. The van der Waals surface area contributed by atoms with Gasteiger partial charge in [0.25, 0.3) is 0 Å². The number of nitrogens with zero attached hydrogens (tertiary/aromatic N) is 3. The third kappa shape index (κ3) is 4.66. The fourth-order valence-electron chi connectivity index (χ4n) is 4.31. The van der Waals surface area contributed by atoms with E-state index < -0.39 is 0 Å². The molecule has 0 unspecified atom stereocenters. The predicted octanol–water partition coefficient (Wildman–Crippen LogP) is 2.93. The second-order valence-corrected chi connectivity index (χ2v) is 7.72. The zero-order chi connectivity index (χ0) is 18.5. The van der Waals surface area contributed by atoms with Gasteiger partial charge in [0.05, 0.1) is 5.69 Å². The minimum atomic E-state index is 0.0857. The predicted molar refractivity (Wildman–Crippen MR) is 106 cm³/mol. The van der Waals surface area contributed by atoms with Crippen molar-refractivity contribution in [1.29, 1.82) is 0 Å². The van der Waals surface area contributed by atoms with E-state index in [0.717, 1.165) is 38.3 Å². The monoisotopic (exact) mass is 364 g/mol. The van der Waals surface area contributed by atoms with Crippen molar-refractivity contribution >= 4 is 6.03 Å². The number of piperidine rings is 1. The van der Waals surface area contributed by atoms with Gasteiger partial charge in [-0.25, -0.2) is 4.79 Å².